The molecule has 0 unspecified atom stereocenters. The predicted molar refractivity (Wildman–Crippen MR) is 47.1 cm³/mol. The lowest BCUT2D eigenvalue weighted by molar-refractivity contribution is 1.30. The summed E-state index contributed by atoms with van der Waals surface area (Å²) in [6.07, 6.45) is 7.25. The van der Waals surface area contributed by atoms with Gasteiger partial charge in [0.2, 0.25) is 0 Å². The van der Waals surface area contributed by atoms with Crippen molar-refractivity contribution in [2.45, 2.75) is 13.8 Å². The Morgan fingerprint density at radius 2 is 2.36 bits per heavy atom. The van der Waals surface area contributed by atoms with Crippen LogP contribution in [0.2, 0.25) is 0 Å². The van der Waals surface area contributed by atoms with Crippen LogP contribution in [0.5, 0.6) is 0 Å². The molecule has 0 amide bonds. The molecule has 1 aromatic rings. The fourth-order valence-electron chi connectivity index (χ4n) is 0.812. The number of aromatic nitrogens is 2. The quantitative estimate of drug-likeness (QED) is 0.643. The first-order valence-corrected chi connectivity index (χ1v) is 3.53. The van der Waals surface area contributed by atoms with Crippen molar-refractivity contribution in [1.29, 1.82) is 0 Å². The maximum absolute atomic E-state index is 4.07. The topological polar surface area (TPSA) is 41.0 Å². The second kappa shape index (κ2) is 3.71. The van der Waals surface area contributed by atoms with E-state index in [1.807, 2.05) is 26.0 Å². The van der Waals surface area contributed by atoms with Crippen molar-refractivity contribution >= 4 is 18.1 Å². The number of rotatable bonds is 2. The van der Waals surface area contributed by atoms with E-state index < -0.39 is 0 Å². The van der Waals surface area contributed by atoms with Crippen LogP contribution in [0.4, 0.5) is 5.82 Å². The number of aliphatic imine (C=N–C) groups is 1. The van der Waals surface area contributed by atoms with E-state index in [0.29, 0.717) is 0 Å². The van der Waals surface area contributed by atoms with Crippen LogP contribution in [0.1, 0.15) is 19.5 Å². The van der Waals surface area contributed by atoms with E-state index in [2.05, 4.69) is 15.0 Å². The first-order valence-electron chi connectivity index (χ1n) is 3.53. The van der Waals surface area contributed by atoms with Crippen molar-refractivity contribution in [2.75, 3.05) is 0 Å². The number of hydrogen-bond donors (Lipinski definition) is 1. The standard InChI is InChI=1S/C8H11N3/c1-3-5-7-8(9-4-2)11-6-10-7/h3-6H,1-2H3,(H,10,11)/b5-3-,9-4?. The van der Waals surface area contributed by atoms with Gasteiger partial charge in [-0.1, -0.05) is 6.08 Å². The van der Waals surface area contributed by atoms with E-state index >= 15 is 0 Å². The fraction of sp³-hybridized carbons (Fsp3) is 0.250. The van der Waals surface area contributed by atoms with Gasteiger partial charge in [-0.3, -0.25) is 0 Å². The highest BCUT2D eigenvalue weighted by molar-refractivity contribution is 5.64. The molecule has 0 spiro atoms. The van der Waals surface area contributed by atoms with Gasteiger partial charge < -0.3 is 4.98 Å². The molecule has 11 heavy (non-hydrogen) atoms. The number of nitrogens with one attached hydrogen (secondary N) is 1. The molecule has 0 bridgehead atoms. The number of imidazole rings is 1. The number of nitrogens with zero attached hydrogens (tertiary/aromatic N) is 2. The Hall–Kier alpha value is -1.38. The maximum Gasteiger partial charge on any atom is 0.177 e. The second-order valence-corrected chi connectivity index (χ2v) is 2.03. The second-order valence-electron chi connectivity index (χ2n) is 2.03. The van der Waals surface area contributed by atoms with E-state index in [1.165, 1.54) is 0 Å². The monoisotopic (exact) mass is 149 g/mol. The fourth-order valence-corrected chi connectivity index (χ4v) is 0.812. The molecule has 0 aromatic carbocycles. The summed E-state index contributed by atoms with van der Waals surface area (Å²) in [4.78, 5) is 11.1. The minimum Gasteiger partial charge on any atom is -0.343 e. The van der Waals surface area contributed by atoms with Gasteiger partial charge in [0, 0.05) is 6.21 Å². The summed E-state index contributed by atoms with van der Waals surface area (Å²) in [6, 6.07) is 0. The Labute approximate surface area is 65.9 Å². The molecule has 0 aliphatic heterocycles. The lowest BCUT2D eigenvalue weighted by Gasteiger charge is -1.86. The van der Waals surface area contributed by atoms with Gasteiger partial charge >= 0.3 is 0 Å². The lowest BCUT2D eigenvalue weighted by Crippen LogP contribution is -1.70. The van der Waals surface area contributed by atoms with Crippen LogP contribution in [0.3, 0.4) is 0 Å². The summed E-state index contributed by atoms with van der Waals surface area (Å²) < 4.78 is 0. The summed E-state index contributed by atoms with van der Waals surface area (Å²) >= 11 is 0. The molecule has 0 fully saturated rings. The Kier molecular flexibility index (Phi) is 2.60. The third-order valence-electron chi connectivity index (χ3n) is 1.23. The van der Waals surface area contributed by atoms with Crippen molar-refractivity contribution in [1.82, 2.24) is 9.97 Å². The highest BCUT2D eigenvalue weighted by Crippen LogP contribution is 2.13. The smallest absolute Gasteiger partial charge is 0.177 e. The largest absolute Gasteiger partial charge is 0.343 e. The first-order chi connectivity index (χ1) is 5.38. The number of allylic oxidation sites excluding steroid dienone is 1. The molecule has 0 aliphatic carbocycles. The highest BCUT2D eigenvalue weighted by Gasteiger charge is 1.96. The molecule has 1 heterocycles. The molecule has 58 valence electrons. The summed E-state index contributed by atoms with van der Waals surface area (Å²) in [7, 11) is 0. The van der Waals surface area contributed by atoms with Crippen molar-refractivity contribution < 1.29 is 0 Å². The minimum absolute atomic E-state index is 0.741. The molecule has 0 atom stereocenters. The normalized spacial score (nSPS) is 11.8. The zero-order valence-electron chi connectivity index (χ0n) is 6.70. The van der Waals surface area contributed by atoms with E-state index in [0.717, 1.165) is 11.5 Å². The van der Waals surface area contributed by atoms with Gasteiger partial charge in [0.15, 0.2) is 5.82 Å². The van der Waals surface area contributed by atoms with E-state index in [4.69, 9.17) is 0 Å². The third-order valence-corrected chi connectivity index (χ3v) is 1.23. The molecule has 0 aliphatic rings. The van der Waals surface area contributed by atoms with Gasteiger partial charge in [-0.25, -0.2) is 9.98 Å². The third kappa shape index (κ3) is 1.77. The zero-order valence-corrected chi connectivity index (χ0v) is 6.70. The predicted octanol–water partition coefficient (Wildman–Crippen LogP) is 2.17. The average Bonchev–Trinajstić information content (AvgIpc) is 2.39. The van der Waals surface area contributed by atoms with Gasteiger partial charge in [0.05, 0.1) is 12.0 Å². The number of aromatic amines is 1. The number of H-pyrrole nitrogens is 1. The Bertz CT molecular complexity index is 244. The molecular formula is C8H11N3. The van der Waals surface area contributed by atoms with Crippen LogP contribution in [-0.2, 0) is 0 Å². The van der Waals surface area contributed by atoms with Crippen molar-refractivity contribution in [2.24, 2.45) is 4.99 Å². The van der Waals surface area contributed by atoms with Crippen LogP contribution in [0.25, 0.3) is 6.08 Å². The molecule has 0 saturated carbocycles. The average molecular weight is 149 g/mol. The summed E-state index contributed by atoms with van der Waals surface area (Å²) in [5.41, 5.74) is 0.950. The molecule has 0 saturated heterocycles. The van der Waals surface area contributed by atoms with Crippen molar-refractivity contribution in [3.63, 3.8) is 0 Å². The van der Waals surface area contributed by atoms with Gasteiger partial charge in [0.1, 0.15) is 0 Å². The Morgan fingerprint density at radius 1 is 1.55 bits per heavy atom. The van der Waals surface area contributed by atoms with Crippen LogP contribution in [-0.4, -0.2) is 16.2 Å². The highest BCUT2D eigenvalue weighted by atomic mass is 15.0. The molecule has 1 rings (SSSR count). The van der Waals surface area contributed by atoms with Crippen LogP contribution in [0, 0.1) is 0 Å². The molecule has 0 radical (unpaired) electrons. The maximum atomic E-state index is 4.07. The molecule has 1 aromatic heterocycles. The summed E-state index contributed by atoms with van der Waals surface area (Å²) in [6.45, 7) is 3.83. The van der Waals surface area contributed by atoms with Crippen molar-refractivity contribution in [3.05, 3.63) is 18.1 Å². The number of hydrogen-bond acceptors (Lipinski definition) is 2. The first kappa shape index (κ1) is 7.72. The zero-order chi connectivity index (χ0) is 8.10. The summed E-state index contributed by atoms with van der Waals surface area (Å²) in [5.74, 6) is 0.741. The van der Waals surface area contributed by atoms with E-state index in [-0.39, 0.29) is 0 Å². The van der Waals surface area contributed by atoms with Crippen LogP contribution in [0.15, 0.2) is 17.4 Å². The molecular weight excluding hydrogens is 138 g/mol. The van der Waals surface area contributed by atoms with Crippen molar-refractivity contribution in [3.8, 4) is 0 Å². The lowest BCUT2D eigenvalue weighted by atomic mass is 10.4. The van der Waals surface area contributed by atoms with Crippen LogP contribution < -0.4 is 0 Å². The Morgan fingerprint density at radius 3 is 3.00 bits per heavy atom. The molecule has 1 N–H and O–H groups in total. The van der Waals surface area contributed by atoms with Gasteiger partial charge in [0.25, 0.3) is 0 Å². The van der Waals surface area contributed by atoms with E-state index in [1.54, 1.807) is 12.5 Å². The van der Waals surface area contributed by atoms with E-state index in [9.17, 15) is 0 Å². The van der Waals surface area contributed by atoms with Crippen LogP contribution >= 0.6 is 0 Å². The molecule has 3 nitrogen and oxygen atoms in total. The molecule has 3 heteroatoms. The van der Waals surface area contributed by atoms with Gasteiger partial charge in [-0.05, 0) is 19.9 Å². The van der Waals surface area contributed by atoms with Gasteiger partial charge in [-0.2, -0.15) is 0 Å². The van der Waals surface area contributed by atoms with Gasteiger partial charge in [-0.15, -0.1) is 0 Å². The Balaban J connectivity index is 2.95. The SMILES string of the molecule is CC=Nc1nc[nH]c1/C=C\C. The summed E-state index contributed by atoms with van der Waals surface area (Å²) in [5, 5.41) is 0. The minimum atomic E-state index is 0.741.